The first-order chi connectivity index (χ1) is 8.61. The molecule has 0 spiro atoms. The summed E-state index contributed by atoms with van der Waals surface area (Å²) in [5.41, 5.74) is 6.23. The maximum absolute atomic E-state index is 12.2. The average Bonchev–Trinajstić information content (AvgIpc) is 2.97. The van der Waals surface area contributed by atoms with Gasteiger partial charge in [-0.25, -0.2) is 4.98 Å². The second-order valence-corrected chi connectivity index (χ2v) is 5.67. The van der Waals surface area contributed by atoms with Crippen LogP contribution in [-0.2, 0) is 0 Å². The molecule has 6 heteroatoms. The van der Waals surface area contributed by atoms with Gasteiger partial charge >= 0.3 is 0 Å². The molecule has 1 fully saturated rings. The Labute approximate surface area is 111 Å². The van der Waals surface area contributed by atoms with Gasteiger partial charge in [0.2, 0.25) is 0 Å². The highest BCUT2D eigenvalue weighted by Gasteiger charge is 2.27. The molecular formula is C12H19N3O2S. The fourth-order valence-corrected chi connectivity index (χ4v) is 2.94. The summed E-state index contributed by atoms with van der Waals surface area (Å²) in [7, 11) is 0. The molecule has 2 unspecified atom stereocenters. The highest BCUT2D eigenvalue weighted by atomic mass is 32.1. The van der Waals surface area contributed by atoms with E-state index in [0.29, 0.717) is 11.6 Å². The van der Waals surface area contributed by atoms with Crippen LogP contribution in [0.4, 0.5) is 0 Å². The molecule has 0 aromatic carbocycles. The molecule has 2 rings (SSSR count). The summed E-state index contributed by atoms with van der Waals surface area (Å²) in [5.74, 6) is 0.407. The van der Waals surface area contributed by atoms with E-state index in [1.807, 2.05) is 11.8 Å². The monoisotopic (exact) mass is 269 g/mol. The summed E-state index contributed by atoms with van der Waals surface area (Å²) in [5, 5.41) is 11.5. The van der Waals surface area contributed by atoms with E-state index in [4.69, 9.17) is 10.8 Å². The lowest BCUT2D eigenvalue weighted by Gasteiger charge is -2.14. The van der Waals surface area contributed by atoms with Crippen LogP contribution in [0.15, 0.2) is 5.38 Å². The number of likely N-dealkylation sites (tertiary alicyclic amines) is 1. The third-order valence-corrected chi connectivity index (χ3v) is 4.29. The Balaban J connectivity index is 1.99. The summed E-state index contributed by atoms with van der Waals surface area (Å²) >= 11 is 1.43. The summed E-state index contributed by atoms with van der Waals surface area (Å²) in [4.78, 5) is 18.3. The lowest BCUT2D eigenvalue weighted by molar-refractivity contribution is 0.0779. The number of hydrogen-bond donors (Lipinski definition) is 2. The molecule has 0 saturated carbocycles. The Bertz CT molecular complexity index is 419. The van der Waals surface area contributed by atoms with E-state index in [0.717, 1.165) is 30.9 Å². The fourth-order valence-electron chi connectivity index (χ4n) is 2.19. The summed E-state index contributed by atoms with van der Waals surface area (Å²) < 4.78 is 0. The van der Waals surface area contributed by atoms with Crippen LogP contribution in [0.1, 0.15) is 41.3 Å². The number of carbonyl (C=O) groups is 1. The highest BCUT2D eigenvalue weighted by molar-refractivity contribution is 7.09. The molecule has 2 heterocycles. The summed E-state index contributed by atoms with van der Waals surface area (Å²) in [6.07, 6.45) is 1.74. The lowest BCUT2D eigenvalue weighted by Crippen LogP contribution is -2.29. The quantitative estimate of drug-likeness (QED) is 0.855. The molecule has 3 N–H and O–H groups in total. The molecule has 1 amide bonds. The van der Waals surface area contributed by atoms with E-state index in [1.54, 1.807) is 5.38 Å². The van der Waals surface area contributed by atoms with Crippen molar-refractivity contribution in [2.75, 3.05) is 19.7 Å². The van der Waals surface area contributed by atoms with Gasteiger partial charge in [0.1, 0.15) is 10.7 Å². The third-order valence-electron chi connectivity index (χ3n) is 3.24. The average molecular weight is 269 g/mol. The van der Waals surface area contributed by atoms with E-state index in [9.17, 15) is 4.79 Å². The van der Waals surface area contributed by atoms with Crippen LogP contribution in [-0.4, -0.2) is 40.6 Å². The van der Waals surface area contributed by atoms with Gasteiger partial charge in [0.15, 0.2) is 0 Å². The molecule has 2 atom stereocenters. The van der Waals surface area contributed by atoms with Crippen molar-refractivity contribution < 1.29 is 9.90 Å². The largest absolute Gasteiger partial charge is 0.396 e. The predicted octanol–water partition coefficient (Wildman–Crippen LogP) is 1.01. The Morgan fingerprint density at radius 3 is 3.17 bits per heavy atom. The van der Waals surface area contributed by atoms with E-state index in [2.05, 4.69) is 4.98 Å². The molecule has 1 aromatic heterocycles. The van der Waals surface area contributed by atoms with Gasteiger partial charge in [0.05, 0.1) is 6.04 Å². The molecule has 1 aliphatic heterocycles. The Morgan fingerprint density at radius 1 is 1.78 bits per heavy atom. The van der Waals surface area contributed by atoms with Gasteiger partial charge in [0.25, 0.3) is 5.91 Å². The van der Waals surface area contributed by atoms with Gasteiger partial charge in [-0.2, -0.15) is 0 Å². The first kappa shape index (κ1) is 13.5. The van der Waals surface area contributed by atoms with Crippen molar-refractivity contribution in [3.63, 3.8) is 0 Å². The SMILES string of the molecule is CC(N)c1nc(C(=O)N2CCC(CCO)C2)cs1. The van der Waals surface area contributed by atoms with E-state index in [1.165, 1.54) is 11.3 Å². The number of rotatable bonds is 4. The third kappa shape index (κ3) is 2.88. The number of amides is 1. The first-order valence-electron chi connectivity index (χ1n) is 6.23. The maximum atomic E-state index is 12.2. The molecule has 0 radical (unpaired) electrons. The van der Waals surface area contributed by atoms with Crippen LogP contribution in [0.25, 0.3) is 0 Å². The maximum Gasteiger partial charge on any atom is 0.273 e. The standard InChI is InChI=1S/C12H19N3O2S/c1-8(13)11-14-10(7-18-11)12(17)15-4-2-9(6-15)3-5-16/h7-9,16H,2-6,13H2,1H3. The molecule has 1 aliphatic rings. The number of aliphatic hydroxyl groups excluding tert-OH is 1. The minimum atomic E-state index is -0.128. The van der Waals surface area contributed by atoms with Crippen molar-refractivity contribution in [1.82, 2.24) is 9.88 Å². The number of aromatic nitrogens is 1. The van der Waals surface area contributed by atoms with Crippen LogP contribution in [0.5, 0.6) is 0 Å². The smallest absolute Gasteiger partial charge is 0.273 e. The molecule has 100 valence electrons. The van der Waals surface area contributed by atoms with Crippen molar-refractivity contribution >= 4 is 17.2 Å². The van der Waals surface area contributed by atoms with Crippen molar-refractivity contribution in [3.8, 4) is 0 Å². The van der Waals surface area contributed by atoms with Crippen LogP contribution < -0.4 is 5.73 Å². The first-order valence-corrected chi connectivity index (χ1v) is 7.11. The number of aliphatic hydroxyl groups is 1. The van der Waals surface area contributed by atoms with E-state index in [-0.39, 0.29) is 18.6 Å². The second kappa shape index (κ2) is 5.77. The van der Waals surface area contributed by atoms with E-state index >= 15 is 0 Å². The minimum absolute atomic E-state index is 0.0152. The minimum Gasteiger partial charge on any atom is -0.396 e. The topological polar surface area (TPSA) is 79.5 Å². The molecule has 0 bridgehead atoms. The number of thiazole rings is 1. The van der Waals surface area contributed by atoms with Crippen molar-refractivity contribution in [2.45, 2.75) is 25.8 Å². The van der Waals surface area contributed by atoms with Gasteiger partial charge in [0, 0.05) is 25.1 Å². The normalized spacial score (nSPS) is 21.3. The van der Waals surface area contributed by atoms with Crippen LogP contribution in [0.2, 0.25) is 0 Å². The molecule has 1 saturated heterocycles. The number of nitrogens with zero attached hydrogens (tertiary/aromatic N) is 2. The number of hydrogen-bond acceptors (Lipinski definition) is 5. The predicted molar refractivity (Wildman–Crippen MR) is 70.4 cm³/mol. The fraction of sp³-hybridized carbons (Fsp3) is 0.667. The van der Waals surface area contributed by atoms with Gasteiger partial charge in [-0.05, 0) is 25.7 Å². The Kier molecular flexibility index (Phi) is 4.31. The van der Waals surface area contributed by atoms with Gasteiger partial charge in [-0.1, -0.05) is 0 Å². The number of nitrogens with two attached hydrogens (primary N) is 1. The second-order valence-electron chi connectivity index (χ2n) is 4.78. The molecule has 1 aromatic rings. The van der Waals surface area contributed by atoms with Crippen molar-refractivity contribution in [2.24, 2.45) is 11.7 Å². The zero-order valence-corrected chi connectivity index (χ0v) is 11.3. The zero-order chi connectivity index (χ0) is 13.1. The molecular weight excluding hydrogens is 250 g/mol. The van der Waals surface area contributed by atoms with Crippen molar-refractivity contribution in [1.29, 1.82) is 0 Å². The lowest BCUT2D eigenvalue weighted by atomic mass is 10.1. The van der Waals surface area contributed by atoms with Gasteiger partial charge < -0.3 is 15.7 Å². The zero-order valence-electron chi connectivity index (χ0n) is 10.5. The number of carbonyl (C=O) groups excluding carboxylic acids is 1. The summed E-state index contributed by atoms with van der Waals surface area (Å²) in [6, 6.07) is -0.128. The van der Waals surface area contributed by atoms with Crippen LogP contribution in [0, 0.1) is 5.92 Å². The molecule has 18 heavy (non-hydrogen) atoms. The Morgan fingerprint density at radius 2 is 2.56 bits per heavy atom. The Hall–Kier alpha value is -0.980. The van der Waals surface area contributed by atoms with Crippen molar-refractivity contribution in [3.05, 3.63) is 16.1 Å². The molecule has 5 nitrogen and oxygen atoms in total. The van der Waals surface area contributed by atoms with Gasteiger partial charge in [-0.15, -0.1) is 11.3 Å². The van der Waals surface area contributed by atoms with E-state index < -0.39 is 0 Å². The summed E-state index contributed by atoms with van der Waals surface area (Å²) in [6.45, 7) is 3.54. The van der Waals surface area contributed by atoms with Gasteiger partial charge in [-0.3, -0.25) is 4.79 Å². The molecule has 0 aliphatic carbocycles. The van der Waals surface area contributed by atoms with Crippen LogP contribution in [0.3, 0.4) is 0 Å². The highest BCUT2D eigenvalue weighted by Crippen LogP contribution is 2.22. The van der Waals surface area contributed by atoms with Crippen LogP contribution >= 0.6 is 11.3 Å².